The molecule has 1 amide bonds. The molecule has 1 aliphatic carbocycles. The topological polar surface area (TPSA) is 55.1 Å². The largest absolute Gasteiger partial charge is 0.398 e. The zero-order valence-electron chi connectivity index (χ0n) is 8.92. The van der Waals surface area contributed by atoms with E-state index in [1.807, 2.05) is 19.1 Å². The van der Waals surface area contributed by atoms with Crippen LogP contribution in [-0.2, 0) is 0 Å². The van der Waals surface area contributed by atoms with Crippen LogP contribution in [0.3, 0.4) is 0 Å². The van der Waals surface area contributed by atoms with Crippen molar-refractivity contribution in [3.63, 3.8) is 0 Å². The van der Waals surface area contributed by atoms with Gasteiger partial charge in [0.15, 0.2) is 0 Å². The quantitative estimate of drug-likeness (QED) is 0.736. The summed E-state index contributed by atoms with van der Waals surface area (Å²) in [5, 5.41) is 2.90. The van der Waals surface area contributed by atoms with Crippen LogP contribution in [0.2, 0.25) is 0 Å². The van der Waals surface area contributed by atoms with Gasteiger partial charge in [0, 0.05) is 12.2 Å². The summed E-state index contributed by atoms with van der Waals surface area (Å²) in [6.45, 7) is 2.74. The average molecular weight is 204 g/mol. The van der Waals surface area contributed by atoms with Crippen molar-refractivity contribution in [2.75, 3.05) is 12.3 Å². The second-order valence-electron chi connectivity index (χ2n) is 4.24. The first-order chi connectivity index (χ1) is 7.16. The van der Waals surface area contributed by atoms with E-state index in [1.165, 1.54) is 12.8 Å². The van der Waals surface area contributed by atoms with Crippen molar-refractivity contribution in [2.24, 2.45) is 5.92 Å². The van der Waals surface area contributed by atoms with Crippen molar-refractivity contribution in [1.82, 2.24) is 5.32 Å². The summed E-state index contributed by atoms with van der Waals surface area (Å²) < 4.78 is 0. The van der Waals surface area contributed by atoms with E-state index in [1.54, 1.807) is 6.07 Å². The Labute approximate surface area is 89.7 Å². The number of nitrogens with one attached hydrogen (secondary N) is 1. The van der Waals surface area contributed by atoms with Gasteiger partial charge in [-0.25, -0.2) is 0 Å². The van der Waals surface area contributed by atoms with Crippen LogP contribution < -0.4 is 11.1 Å². The van der Waals surface area contributed by atoms with Gasteiger partial charge in [-0.1, -0.05) is 6.07 Å². The molecule has 15 heavy (non-hydrogen) atoms. The lowest BCUT2D eigenvalue weighted by atomic mass is 10.1. The Morgan fingerprint density at radius 1 is 1.53 bits per heavy atom. The van der Waals surface area contributed by atoms with Gasteiger partial charge in [0.1, 0.15) is 0 Å². The normalized spacial score (nSPS) is 15.0. The fourth-order valence-corrected chi connectivity index (χ4v) is 1.54. The Balaban J connectivity index is 2.03. The lowest BCUT2D eigenvalue weighted by Crippen LogP contribution is -2.26. The maximum atomic E-state index is 11.7. The van der Waals surface area contributed by atoms with E-state index in [0.29, 0.717) is 17.2 Å². The molecule has 0 atom stereocenters. The number of carbonyl (C=O) groups excluding carboxylic acids is 1. The highest BCUT2D eigenvalue weighted by Gasteiger charge is 2.22. The predicted octanol–water partition coefficient (Wildman–Crippen LogP) is 1.72. The van der Waals surface area contributed by atoms with E-state index in [-0.39, 0.29) is 5.91 Å². The van der Waals surface area contributed by atoms with Crippen molar-refractivity contribution >= 4 is 11.6 Å². The summed E-state index contributed by atoms with van der Waals surface area (Å²) in [7, 11) is 0. The first-order valence-electron chi connectivity index (χ1n) is 5.31. The third-order valence-electron chi connectivity index (χ3n) is 2.70. The molecule has 3 heteroatoms. The summed E-state index contributed by atoms with van der Waals surface area (Å²) in [6, 6.07) is 5.52. The standard InChI is InChI=1S/C12H16N2O/c1-8-2-5-10(11(13)6-8)12(15)14-7-9-3-4-9/h2,5-6,9H,3-4,7,13H2,1H3,(H,14,15). The van der Waals surface area contributed by atoms with Gasteiger partial charge in [-0.2, -0.15) is 0 Å². The summed E-state index contributed by atoms with van der Waals surface area (Å²) >= 11 is 0. The minimum Gasteiger partial charge on any atom is -0.398 e. The molecule has 1 aromatic rings. The van der Waals surface area contributed by atoms with Crippen LogP contribution >= 0.6 is 0 Å². The molecular weight excluding hydrogens is 188 g/mol. The number of hydrogen-bond donors (Lipinski definition) is 2. The van der Waals surface area contributed by atoms with Crippen molar-refractivity contribution in [2.45, 2.75) is 19.8 Å². The lowest BCUT2D eigenvalue weighted by Gasteiger charge is -2.07. The smallest absolute Gasteiger partial charge is 0.253 e. The number of benzene rings is 1. The van der Waals surface area contributed by atoms with Crippen LogP contribution in [0.15, 0.2) is 18.2 Å². The summed E-state index contributed by atoms with van der Waals surface area (Å²) in [4.78, 5) is 11.7. The van der Waals surface area contributed by atoms with Crippen molar-refractivity contribution in [3.8, 4) is 0 Å². The SMILES string of the molecule is Cc1ccc(C(=O)NCC2CC2)c(N)c1. The molecule has 3 nitrogen and oxygen atoms in total. The molecule has 0 heterocycles. The Morgan fingerprint density at radius 2 is 2.27 bits per heavy atom. The van der Waals surface area contributed by atoms with Gasteiger partial charge in [0.2, 0.25) is 0 Å². The molecule has 1 fully saturated rings. The molecule has 0 radical (unpaired) electrons. The number of carbonyl (C=O) groups is 1. The second-order valence-corrected chi connectivity index (χ2v) is 4.24. The molecule has 0 aromatic heterocycles. The van der Waals surface area contributed by atoms with E-state index in [4.69, 9.17) is 5.73 Å². The van der Waals surface area contributed by atoms with Crippen molar-refractivity contribution in [1.29, 1.82) is 0 Å². The molecule has 1 aromatic carbocycles. The second kappa shape index (κ2) is 3.93. The highest BCUT2D eigenvalue weighted by Crippen LogP contribution is 2.27. The van der Waals surface area contributed by atoms with Crippen LogP contribution in [0.5, 0.6) is 0 Å². The zero-order chi connectivity index (χ0) is 10.8. The molecule has 0 unspecified atom stereocenters. The number of rotatable bonds is 3. The first kappa shape index (κ1) is 10.0. The Kier molecular flexibility index (Phi) is 2.62. The van der Waals surface area contributed by atoms with Gasteiger partial charge in [0.05, 0.1) is 5.56 Å². The van der Waals surface area contributed by atoms with Gasteiger partial charge in [0.25, 0.3) is 5.91 Å². The number of aryl methyl sites for hydroxylation is 1. The maximum absolute atomic E-state index is 11.7. The maximum Gasteiger partial charge on any atom is 0.253 e. The van der Waals surface area contributed by atoms with Crippen LogP contribution in [0.1, 0.15) is 28.8 Å². The van der Waals surface area contributed by atoms with Crippen LogP contribution in [0.25, 0.3) is 0 Å². The van der Waals surface area contributed by atoms with E-state index in [0.717, 1.165) is 12.1 Å². The number of nitrogen functional groups attached to an aromatic ring is 1. The summed E-state index contributed by atoms with van der Waals surface area (Å²) in [5.74, 6) is 0.639. The van der Waals surface area contributed by atoms with E-state index in [2.05, 4.69) is 5.32 Å². The Hall–Kier alpha value is -1.51. The molecule has 3 N–H and O–H groups in total. The van der Waals surface area contributed by atoms with Crippen LogP contribution in [0, 0.1) is 12.8 Å². The van der Waals surface area contributed by atoms with Gasteiger partial charge in [-0.05, 0) is 43.4 Å². The van der Waals surface area contributed by atoms with Gasteiger partial charge in [-0.15, -0.1) is 0 Å². The fourth-order valence-electron chi connectivity index (χ4n) is 1.54. The molecule has 2 rings (SSSR count). The third kappa shape index (κ3) is 2.49. The van der Waals surface area contributed by atoms with Gasteiger partial charge < -0.3 is 11.1 Å². The van der Waals surface area contributed by atoms with Crippen LogP contribution in [0.4, 0.5) is 5.69 Å². The molecule has 0 aliphatic heterocycles. The summed E-state index contributed by atoms with van der Waals surface area (Å²) in [5.41, 5.74) is 8.00. The fraction of sp³-hybridized carbons (Fsp3) is 0.417. The number of hydrogen-bond acceptors (Lipinski definition) is 2. The lowest BCUT2D eigenvalue weighted by molar-refractivity contribution is 0.0952. The average Bonchev–Trinajstić information content (AvgIpc) is 2.97. The first-order valence-corrected chi connectivity index (χ1v) is 5.31. The third-order valence-corrected chi connectivity index (χ3v) is 2.70. The number of amides is 1. The Bertz CT molecular complexity index is 383. The zero-order valence-corrected chi connectivity index (χ0v) is 8.92. The Morgan fingerprint density at radius 3 is 2.87 bits per heavy atom. The molecule has 0 spiro atoms. The van der Waals surface area contributed by atoms with Gasteiger partial charge >= 0.3 is 0 Å². The van der Waals surface area contributed by atoms with Crippen LogP contribution in [-0.4, -0.2) is 12.5 Å². The van der Waals surface area contributed by atoms with Gasteiger partial charge in [-0.3, -0.25) is 4.79 Å². The summed E-state index contributed by atoms with van der Waals surface area (Å²) in [6.07, 6.45) is 2.48. The highest BCUT2D eigenvalue weighted by atomic mass is 16.1. The predicted molar refractivity (Wildman–Crippen MR) is 60.6 cm³/mol. The monoisotopic (exact) mass is 204 g/mol. The molecule has 1 saturated carbocycles. The molecule has 1 aliphatic rings. The van der Waals surface area contributed by atoms with E-state index >= 15 is 0 Å². The molecule has 0 bridgehead atoms. The number of nitrogens with two attached hydrogens (primary N) is 1. The van der Waals surface area contributed by atoms with E-state index in [9.17, 15) is 4.79 Å². The molecular formula is C12H16N2O. The minimum atomic E-state index is -0.0561. The number of anilines is 1. The minimum absolute atomic E-state index is 0.0561. The van der Waals surface area contributed by atoms with Crippen molar-refractivity contribution < 1.29 is 4.79 Å². The molecule has 0 saturated heterocycles. The molecule has 80 valence electrons. The van der Waals surface area contributed by atoms with E-state index < -0.39 is 0 Å². The van der Waals surface area contributed by atoms with Crippen molar-refractivity contribution in [3.05, 3.63) is 29.3 Å². The highest BCUT2D eigenvalue weighted by molar-refractivity contribution is 5.99.